The molecule has 0 saturated carbocycles. The summed E-state index contributed by atoms with van der Waals surface area (Å²) in [4.78, 5) is 0. The van der Waals surface area contributed by atoms with Gasteiger partial charge in [-0.15, -0.1) is 0 Å². The second-order valence-electron chi connectivity index (χ2n) is 2.98. The lowest BCUT2D eigenvalue weighted by molar-refractivity contribution is 0.113. The van der Waals surface area contributed by atoms with Gasteiger partial charge >= 0.3 is 0 Å². The Balaban J connectivity index is 0. The molecule has 2 nitrogen and oxygen atoms in total. The van der Waals surface area contributed by atoms with E-state index in [9.17, 15) is 0 Å². The lowest BCUT2D eigenvalue weighted by Crippen LogP contribution is -2.37. The van der Waals surface area contributed by atoms with Crippen LogP contribution >= 0.6 is 0 Å². The Hall–Kier alpha value is -0.0800. The van der Waals surface area contributed by atoms with Gasteiger partial charge in [0.2, 0.25) is 0 Å². The van der Waals surface area contributed by atoms with E-state index in [1.807, 2.05) is 34.6 Å². The summed E-state index contributed by atoms with van der Waals surface area (Å²) in [5.41, 5.74) is 0.194. The van der Waals surface area contributed by atoms with Crippen molar-refractivity contribution in [2.45, 2.75) is 60.2 Å². The van der Waals surface area contributed by atoms with E-state index in [0.717, 1.165) is 6.61 Å². The van der Waals surface area contributed by atoms with E-state index >= 15 is 0 Å². The van der Waals surface area contributed by atoms with Crippen LogP contribution in [0.5, 0.6) is 0 Å². The number of nitrogens with one attached hydrogen (secondary N) is 1. The standard InChI is InChI=1S/C6H13NO.2C2H6/c1-5-7-6(2,3)4-8-5;2*1-2/h5,7H,4H2,1-3H3;2*1-2H3. The lowest BCUT2D eigenvalue weighted by atomic mass is 10.1. The Bertz CT molecular complexity index is 91.8. The highest BCUT2D eigenvalue weighted by Crippen LogP contribution is 2.12. The van der Waals surface area contributed by atoms with Crippen LogP contribution < -0.4 is 5.32 Å². The van der Waals surface area contributed by atoms with Crippen LogP contribution in [0, 0.1) is 0 Å². The Morgan fingerprint density at radius 2 is 1.58 bits per heavy atom. The zero-order valence-electron chi connectivity index (χ0n) is 9.69. The minimum absolute atomic E-state index is 0.194. The number of rotatable bonds is 0. The van der Waals surface area contributed by atoms with E-state index in [1.54, 1.807) is 0 Å². The molecule has 1 heterocycles. The van der Waals surface area contributed by atoms with Crippen molar-refractivity contribution >= 4 is 0 Å². The molecule has 1 fully saturated rings. The smallest absolute Gasteiger partial charge is 0.105 e. The second-order valence-corrected chi connectivity index (χ2v) is 2.98. The van der Waals surface area contributed by atoms with Crippen LogP contribution in [0.4, 0.5) is 0 Å². The maximum Gasteiger partial charge on any atom is 0.105 e. The first-order chi connectivity index (χ1) is 5.60. The lowest BCUT2D eigenvalue weighted by Gasteiger charge is -2.14. The molecule has 1 aliphatic heterocycles. The first-order valence-electron chi connectivity index (χ1n) is 4.99. The van der Waals surface area contributed by atoms with Crippen molar-refractivity contribution in [2.24, 2.45) is 0 Å². The molecule has 0 radical (unpaired) electrons. The van der Waals surface area contributed by atoms with Crippen LogP contribution in [0.25, 0.3) is 0 Å². The predicted molar refractivity (Wildman–Crippen MR) is 55.3 cm³/mol. The summed E-state index contributed by atoms with van der Waals surface area (Å²) >= 11 is 0. The maximum atomic E-state index is 5.26. The van der Waals surface area contributed by atoms with Gasteiger partial charge in [0.05, 0.1) is 6.61 Å². The third kappa shape index (κ3) is 6.62. The predicted octanol–water partition coefficient (Wildman–Crippen LogP) is 2.78. The molecule has 1 rings (SSSR count). The maximum absolute atomic E-state index is 5.26. The van der Waals surface area contributed by atoms with E-state index in [2.05, 4.69) is 19.2 Å². The highest BCUT2D eigenvalue weighted by Gasteiger charge is 2.27. The number of hydrogen-bond acceptors (Lipinski definition) is 2. The topological polar surface area (TPSA) is 21.3 Å². The Morgan fingerprint density at radius 1 is 1.17 bits per heavy atom. The largest absolute Gasteiger partial charge is 0.362 e. The molecule has 0 aromatic rings. The summed E-state index contributed by atoms with van der Waals surface area (Å²) in [6.45, 7) is 15.1. The minimum atomic E-state index is 0.194. The Kier molecular flexibility index (Phi) is 9.10. The van der Waals surface area contributed by atoms with E-state index in [-0.39, 0.29) is 11.8 Å². The monoisotopic (exact) mass is 175 g/mol. The Labute approximate surface area is 77.7 Å². The van der Waals surface area contributed by atoms with Crippen molar-refractivity contribution in [3.8, 4) is 0 Å². The molecule has 1 unspecified atom stereocenters. The summed E-state index contributed by atoms with van der Waals surface area (Å²) in [5.74, 6) is 0. The van der Waals surface area contributed by atoms with Gasteiger partial charge in [-0.2, -0.15) is 0 Å². The van der Waals surface area contributed by atoms with Crippen LogP contribution in [0.15, 0.2) is 0 Å². The van der Waals surface area contributed by atoms with Crippen molar-refractivity contribution in [1.29, 1.82) is 0 Å². The normalized spacial score (nSPS) is 24.8. The number of ether oxygens (including phenoxy) is 1. The van der Waals surface area contributed by atoms with Gasteiger partial charge in [0, 0.05) is 5.54 Å². The van der Waals surface area contributed by atoms with Crippen molar-refractivity contribution in [3.05, 3.63) is 0 Å². The first kappa shape index (κ1) is 14.4. The first-order valence-corrected chi connectivity index (χ1v) is 4.99. The summed E-state index contributed by atoms with van der Waals surface area (Å²) in [5, 5.41) is 3.27. The van der Waals surface area contributed by atoms with Crippen molar-refractivity contribution in [3.63, 3.8) is 0 Å². The molecule has 12 heavy (non-hydrogen) atoms. The van der Waals surface area contributed by atoms with Crippen molar-refractivity contribution in [2.75, 3.05) is 6.61 Å². The van der Waals surface area contributed by atoms with Crippen LogP contribution in [-0.4, -0.2) is 18.4 Å². The summed E-state index contributed by atoms with van der Waals surface area (Å²) in [7, 11) is 0. The SMILES string of the molecule is CC.CC.CC1NC(C)(C)CO1. The molecule has 0 amide bonds. The van der Waals surface area contributed by atoms with Gasteiger partial charge in [-0.05, 0) is 20.8 Å². The second kappa shape index (κ2) is 7.56. The molecule has 1 atom stereocenters. The molecule has 0 spiro atoms. The van der Waals surface area contributed by atoms with Gasteiger partial charge < -0.3 is 4.74 Å². The molecule has 0 aromatic carbocycles. The van der Waals surface area contributed by atoms with Crippen molar-refractivity contribution < 1.29 is 4.74 Å². The van der Waals surface area contributed by atoms with Gasteiger partial charge in [-0.25, -0.2) is 0 Å². The average molecular weight is 175 g/mol. The summed E-state index contributed by atoms with van der Waals surface area (Å²) in [6.07, 6.45) is 0.241. The number of hydrogen-bond donors (Lipinski definition) is 1. The van der Waals surface area contributed by atoms with Crippen LogP contribution in [0.1, 0.15) is 48.5 Å². The molecular weight excluding hydrogens is 150 g/mol. The molecule has 0 aliphatic carbocycles. The molecule has 1 saturated heterocycles. The molecule has 76 valence electrons. The quantitative estimate of drug-likeness (QED) is 0.611. The fourth-order valence-electron chi connectivity index (χ4n) is 0.967. The van der Waals surface area contributed by atoms with Gasteiger partial charge in [-0.3, -0.25) is 5.32 Å². The van der Waals surface area contributed by atoms with Gasteiger partial charge in [0.15, 0.2) is 0 Å². The van der Waals surface area contributed by atoms with Gasteiger partial charge in [-0.1, -0.05) is 27.7 Å². The third-order valence-electron chi connectivity index (χ3n) is 1.29. The Morgan fingerprint density at radius 3 is 1.67 bits per heavy atom. The molecule has 2 heteroatoms. The highest BCUT2D eigenvalue weighted by molar-refractivity contribution is 4.82. The molecule has 0 bridgehead atoms. The average Bonchev–Trinajstić information content (AvgIpc) is 2.37. The summed E-state index contributed by atoms with van der Waals surface area (Å²) < 4.78 is 5.26. The zero-order valence-corrected chi connectivity index (χ0v) is 9.69. The molecule has 0 aromatic heterocycles. The zero-order chi connectivity index (χ0) is 10.2. The van der Waals surface area contributed by atoms with E-state index in [0.29, 0.717) is 0 Å². The van der Waals surface area contributed by atoms with Crippen LogP contribution in [-0.2, 0) is 4.74 Å². The highest BCUT2D eigenvalue weighted by atomic mass is 16.5. The third-order valence-corrected chi connectivity index (χ3v) is 1.29. The minimum Gasteiger partial charge on any atom is -0.362 e. The summed E-state index contributed by atoms with van der Waals surface area (Å²) in [6, 6.07) is 0. The molecule has 1 aliphatic rings. The van der Waals surface area contributed by atoms with Crippen LogP contribution in [0.3, 0.4) is 0 Å². The van der Waals surface area contributed by atoms with Gasteiger partial charge in [0.1, 0.15) is 6.23 Å². The molecular formula is C10H25NO. The van der Waals surface area contributed by atoms with E-state index < -0.39 is 0 Å². The van der Waals surface area contributed by atoms with Crippen molar-refractivity contribution in [1.82, 2.24) is 5.32 Å². The fraction of sp³-hybridized carbons (Fsp3) is 1.00. The fourth-order valence-corrected chi connectivity index (χ4v) is 0.967. The molecule has 1 N–H and O–H groups in total. The van der Waals surface area contributed by atoms with Gasteiger partial charge in [0.25, 0.3) is 0 Å². The van der Waals surface area contributed by atoms with E-state index in [1.165, 1.54) is 0 Å². The van der Waals surface area contributed by atoms with E-state index in [4.69, 9.17) is 4.74 Å². The van der Waals surface area contributed by atoms with Crippen LogP contribution in [0.2, 0.25) is 0 Å².